The van der Waals surface area contributed by atoms with Crippen LogP contribution in [0.3, 0.4) is 0 Å². The molecule has 0 spiro atoms. The van der Waals surface area contributed by atoms with E-state index in [4.69, 9.17) is 4.74 Å². The maximum atomic E-state index is 11.9. The van der Waals surface area contributed by atoms with Gasteiger partial charge < -0.3 is 9.64 Å². The topological polar surface area (TPSA) is 29.5 Å². The van der Waals surface area contributed by atoms with Crippen molar-refractivity contribution in [1.29, 1.82) is 0 Å². The molecule has 0 aliphatic carbocycles. The van der Waals surface area contributed by atoms with Gasteiger partial charge in [0.15, 0.2) is 0 Å². The standard InChI is InChI=1S/C36H39NO2.ClH/c1-29(39-30(2)38)35(31-15-7-3-8-16-31)23-26-37(27-24-35)28-25-36(32-17-9-4-10-18-32,33-19-11-5-12-20-33)34-21-13-6-14-22-34;/h3-22,29H,23-28H2,1-2H3;1H. The number of esters is 1. The van der Waals surface area contributed by atoms with Crippen molar-refractivity contribution in [2.45, 2.75) is 50.0 Å². The van der Waals surface area contributed by atoms with Gasteiger partial charge in [-0.3, -0.25) is 4.79 Å². The zero-order valence-corrected chi connectivity index (χ0v) is 24.4. The highest BCUT2D eigenvalue weighted by Gasteiger charge is 2.43. The summed E-state index contributed by atoms with van der Waals surface area (Å²) in [5.41, 5.74) is 4.82. The van der Waals surface area contributed by atoms with E-state index in [1.807, 2.05) is 0 Å². The Balaban J connectivity index is 0.00000370. The smallest absolute Gasteiger partial charge is 0.302 e. The molecular weight excluding hydrogens is 514 g/mol. The Kier molecular flexibility index (Phi) is 9.84. The molecule has 208 valence electrons. The van der Waals surface area contributed by atoms with E-state index in [2.05, 4.69) is 133 Å². The van der Waals surface area contributed by atoms with Gasteiger partial charge in [-0.15, -0.1) is 12.4 Å². The summed E-state index contributed by atoms with van der Waals surface area (Å²) >= 11 is 0. The minimum absolute atomic E-state index is 0. The molecular formula is C36H40ClNO2. The Labute approximate surface area is 245 Å². The van der Waals surface area contributed by atoms with Crippen LogP contribution in [0.1, 0.15) is 55.4 Å². The van der Waals surface area contributed by atoms with Gasteiger partial charge in [0.1, 0.15) is 6.10 Å². The molecule has 0 radical (unpaired) electrons. The minimum atomic E-state index is -0.247. The Bertz CT molecular complexity index is 1220. The molecule has 4 heteroatoms. The van der Waals surface area contributed by atoms with Crippen molar-refractivity contribution in [3.05, 3.63) is 144 Å². The lowest BCUT2D eigenvalue weighted by molar-refractivity contribution is -0.150. The number of nitrogens with zero attached hydrogens (tertiary/aromatic N) is 1. The summed E-state index contributed by atoms with van der Waals surface area (Å²) < 4.78 is 5.81. The summed E-state index contributed by atoms with van der Waals surface area (Å²) in [5, 5.41) is 0. The molecule has 1 saturated heterocycles. The first-order valence-corrected chi connectivity index (χ1v) is 14.2. The second-order valence-electron chi connectivity index (χ2n) is 10.9. The highest BCUT2D eigenvalue weighted by atomic mass is 35.5. The monoisotopic (exact) mass is 553 g/mol. The fraction of sp³-hybridized carbons (Fsp3) is 0.306. The first-order chi connectivity index (χ1) is 19.0. The van der Waals surface area contributed by atoms with Crippen LogP contribution in [0, 0.1) is 0 Å². The van der Waals surface area contributed by atoms with Crippen molar-refractivity contribution in [2.75, 3.05) is 19.6 Å². The van der Waals surface area contributed by atoms with Crippen LogP contribution in [-0.4, -0.2) is 36.6 Å². The number of benzene rings is 4. The van der Waals surface area contributed by atoms with Gasteiger partial charge in [0, 0.05) is 17.8 Å². The van der Waals surface area contributed by atoms with Crippen LogP contribution in [0.15, 0.2) is 121 Å². The number of piperidine rings is 1. The van der Waals surface area contributed by atoms with Crippen LogP contribution in [0.2, 0.25) is 0 Å². The Hall–Kier alpha value is -3.40. The van der Waals surface area contributed by atoms with Crippen LogP contribution >= 0.6 is 12.4 Å². The lowest BCUT2D eigenvalue weighted by Crippen LogP contribution is -2.50. The molecule has 1 fully saturated rings. The Morgan fingerprint density at radius 1 is 0.750 bits per heavy atom. The maximum absolute atomic E-state index is 11.9. The normalized spacial score (nSPS) is 15.9. The van der Waals surface area contributed by atoms with Gasteiger partial charge in [0.25, 0.3) is 0 Å². The number of rotatable bonds is 9. The molecule has 1 aliphatic rings. The van der Waals surface area contributed by atoms with Gasteiger partial charge in [0.05, 0.1) is 0 Å². The molecule has 40 heavy (non-hydrogen) atoms. The number of halogens is 1. The largest absolute Gasteiger partial charge is 0.462 e. The molecule has 1 heterocycles. The van der Waals surface area contributed by atoms with Crippen LogP contribution in [-0.2, 0) is 20.4 Å². The highest BCUT2D eigenvalue weighted by Crippen LogP contribution is 2.44. The first kappa shape index (κ1) is 29.6. The van der Waals surface area contributed by atoms with Crippen molar-refractivity contribution in [3.63, 3.8) is 0 Å². The van der Waals surface area contributed by atoms with Crippen molar-refractivity contribution in [3.8, 4) is 0 Å². The number of ether oxygens (including phenoxy) is 1. The van der Waals surface area contributed by atoms with Gasteiger partial charge >= 0.3 is 5.97 Å². The third kappa shape index (κ3) is 6.01. The maximum Gasteiger partial charge on any atom is 0.302 e. The summed E-state index contributed by atoms with van der Waals surface area (Å²) in [6.07, 6.45) is 2.72. The molecule has 0 amide bonds. The fourth-order valence-electron chi connectivity index (χ4n) is 6.66. The van der Waals surface area contributed by atoms with E-state index in [1.165, 1.54) is 29.2 Å². The van der Waals surface area contributed by atoms with E-state index >= 15 is 0 Å². The lowest BCUT2D eigenvalue weighted by Gasteiger charge is -2.46. The molecule has 4 aromatic rings. The summed E-state index contributed by atoms with van der Waals surface area (Å²) in [6.45, 7) is 6.49. The van der Waals surface area contributed by atoms with E-state index in [0.29, 0.717) is 0 Å². The first-order valence-electron chi connectivity index (χ1n) is 14.2. The molecule has 0 N–H and O–H groups in total. The Morgan fingerprint density at radius 2 is 1.15 bits per heavy atom. The SMILES string of the molecule is CC(=O)OC(C)C1(c2ccccc2)CCN(CCC(c2ccccc2)(c2ccccc2)c2ccccc2)CC1.Cl. The van der Waals surface area contributed by atoms with Crippen LogP contribution < -0.4 is 0 Å². The van der Waals surface area contributed by atoms with Crippen molar-refractivity contribution in [1.82, 2.24) is 4.90 Å². The van der Waals surface area contributed by atoms with Gasteiger partial charge in [-0.1, -0.05) is 121 Å². The van der Waals surface area contributed by atoms with Crippen molar-refractivity contribution >= 4 is 18.4 Å². The number of carbonyl (C=O) groups excluding carboxylic acids is 1. The molecule has 1 aliphatic heterocycles. The van der Waals surface area contributed by atoms with E-state index in [1.54, 1.807) is 0 Å². The summed E-state index contributed by atoms with van der Waals surface area (Å²) in [5.74, 6) is -0.210. The summed E-state index contributed by atoms with van der Waals surface area (Å²) in [6, 6.07) is 43.5. The second kappa shape index (κ2) is 13.3. The van der Waals surface area contributed by atoms with Crippen molar-refractivity contribution in [2.24, 2.45) is 0 Å². The van der Waals surface area contributed by atoms with E-state index in [0.717, 1.165) is 38.9 Å². The molecule has 4 aromatic carbocycles. The van der Waals surface area contributed by atoms with Gasteiger partial charge in [-0.05, 0) is 68.1 Å². The Morgan fingerprint density at radius 3 is 1.55 bits per heavy atom. The quantitative estimate of drug-likeness (QED) is 0.156. The number of likely N-dealkylation sites (tertiary alicyclic amines) is 1. The van der Waals surface area contributed by atoms with Crippen LogP contribution in [0.4, 0.5) is 0 Å². The van der Waals surface area contributed by atoms with Gasteiger partial charge in [0.2, 0.25) is 0 Å². The predicted molar refractivity (Wildman–Crippen MR) is 166 cm³/mol. The van der Waals surface area contributed by atoms with E-state index in [-0.39, 0.29) is 35.3 Å². The van der Waals surface area contributed by atoms with Gasteiger partial charge in [-0.2, -0.15) is 0 Å². The average molecular weight is 554 g/mol. The summed E-state index contributed by atoms with van der Waals surface area (Å²) in [4.78, 5) is 14.5. The van der Waals surface area contributed by atoms with Crippen LogP contribution in [0.5, 0.6) is 0 Å². The molecule has 1 atom stereocenters. The van der Waals surface area contributed by atoms with E-state index in [9.17, 15) is 4.79 Å². The molecule has 3 nitrogen and oxygen atoms in total. The highest BCUT2D eigenvalue weighted by molar-refractivity contribution is 5.85. The number of carbonyl (C=O) groups is 1. The minimum Gasteiger partial charge on any atom is -0.462 e. The fourth-order valence-corrected chi connectivity index (χ4v) is 6.66. The zero-order valence-electron chi connectivity index (χ0n) is 23.5. The third-order valence-corrected chi connectivity index (χ3v) is 8.82. The van der Waals surface area contributed by atoms with Crippen LogP contribution in [0.25, 0.3) is 0 Å². The third-order valence-electron chi connectivity index (χ3n) is 8.82. The summed E-state index contributed by atoms with van der Waals surface area (Å²) in [7, 11) is 0. The van der Waals surface area contributed by atoms with Gasteiger partial charge in [-0.25, -0.2) is 0 Å². The lowest BCUT2D eigenvalue weighted by atomic mass is 9.66. The second-order valence-corrected chi connectivity index (χ2v) is 10.9. The zero-order chi connectivity index (χ0) is 27.1. The molecule has 0 saturated carbocycles. The molecule has 5 rings (SSSR count). The molecule has 1 unspecified atom stereocenters. The number of hydrogen-bond donors (Lipinski definition) is 0. The molecule has 0 aromatic heterocycles. The number of hydrogen-bond acceptors (Lipinski definition) is 3. The average Bonchev–Trinajstić information content (AvgIpc) is 2.99. The predicted octanol–water partition coefficient (Wildman–Crippen LogP) is 7.82. The van der Waals surface area contributed by atoms with Crippen molar-refractivity contribution < 1.29 is 9.53 Å². The molecule has 0 bridgehead atoms. The van der Waals surface area contributed by atoms with E-state index < -0.39 is 0 Å².